The van der Waals surface area contributed by atoms with Crippen LogP contribution in [0, 0.1) is 12.7 Å². The van der Waals surface area contributed by atoms with Crippen molar-refractivity contribution < 1.29 is 17.6 Å². The van der Waals surface area contributed by atoms with Gasteiger partial charge in [0.1, 0.15) is 5.82 Å². The summed E-state index contributed by atoms with van der Waals surface area (Å²) in [7, 11) is -3.18. The van der Waals surface area contributed by atoms with Crippen molar-refractivity contribution in [1.29, 1.82) is 0 Å². The molecule has 25 heavy (non-hydrogen) atoms. The molecule has 2 aliphatic heterocycles. The Balaban J connectivity index is 1.52. The summed E-state index contributed by atoms with van der Waals surface area (Å²) in [6.45, 7) is 1.71. The summed E-state index contributed by atoms with van der Waals surface area (Å²) in [5, 5.41) is 3.05. The van der Waals surface area contributed by atoms with Crippen molar-refractivity contribution in [1.82, 2.24) is 9.62 Å². The van der Waals surface area contributed by atoms with E-state index in [1.54, 1.807) is 23.4 Å². The molecule has 0 aliphatic carbocycles. The molecule has 5 nitrogen and oxygen atoms in total. The Morgan fingerprint density at radius 1 is 1.28 bits per heavy atom. The fourth-order valence-electron chi connectivity index (χ4n) is 4.21. The number of amides is 1. The monoisotopic (exact) mass is 368 g/mol. The van der Waals surface area contributed by atoms with Crippen LogP contribution in [0.3, 0.4) is 0 Å². The minimum absolute atomic E-state index is 0.0128. The lowest BCUT2D eigenvalue weighted by Crippen LogP contribution is -2.52. The molecule has 1 N–H and O–H groups in total. The first-order chi connectivity index (χ1) is 11.7. The zero-order valence-electron chi connectivity index (χ0n) is 14.7. The molecule has 0 spiro atoms. The van der Waals surface area contributed by atoms with Gasteiger partial charge in [-0.3, -0.25) is 4.79 Å². The summed E-state index contributed by atoms with van der Waals surface area (Å²) in [6.07, 6.45) is 5.31. The maximum atomic E-state index is 13.3. The summed E-state index contributed by atoms with van der Waals surface area (Å²) >= 11 is 0. The number of halogens is 1. The van der Waals surface area contributed by atoms with E-state index < -0.39 is 10.0 Å². The fraction of sp³-hybridized carbons (Fsp3) is 0.611. The average Bonchev–Trinajstić information content (AvgIpc) is 2.81. The van der Waals surface area contributed by atoms with E-state index >= 15 is 0 Å². The van der Waals surface area contributed by atoms with Crippen molar-refractivity contribution in [2.45, 2.75) is 63.6 Å². The molecule has 1 aromatic carbocycles. The van der Waals surface area contributed by atoms with Crippen LogP contribution in [-0.2, 0) is 21.2 Å². The lowest BCUT2D eigenvalue weighted by Gasteiger charge is -2.37. The van der Waals surface area contributed by atoms with E-state index in [1.165, 1.54) is 12.3 Å². The third kappa shape index (κ3) is 4.20. The zero-order valence-corrected chi connectivity index (χ0v) is 15.5. The Hall–Kier alpha value is -1.47. The van der Waals surface area contributed by atoms with E-state index in [2.05, 4.69) is 5.32 Å². The van der Waals surface area contributed by atoms with Crippen molar-refractivity contribution >= 4 is 15.9 Å². The molecule has 2 aliphatic rings. The summed E-state index contributed by atoms with van der Waals surface area (Å²) in [5.41, 5.74) is 1.53. The molecule has 2 unspecified atom stereocenters. The van der Waals surface area contributed by atoms with Gasteiger partial charge >= 0.3 is 0 Å². The van der Waals surface area contributed by atoms with Crippen LogP contribution < -0.4 is 5.32 Å². The molecular weight excluding hydrogens is 343 g/mol. The second kappa shape index (κ2) is 7.03. The highest BCUT2D eigenvalue weighted by Gasteiger charge is 2.45. The number of nitrogens with one attached hydrogen (secondary N) is 1. The highest BCUT2D eigenvalue weighted by atomic mass is 32.2. The van der Waals surface area contributed by atoms with Crippen molar-refractivity contribution in [3.8, 4) is 0 Å². The van der Waals surface area contributed by atoms with Crippen LogP contribution >= 0.6 is 0 Å². The van der Waals surface area contributed by atoms with Gasteiger partial charge in [-0.2, -0.15) is 4.31 Å². The predicted molar refractivity (Wildman–Crippen MR) is 94.1 cm³/mol. The molecular formula is C18H25FN2O3S. The van der Waals surface area contributed by atoms with Crippen molar-refractivity contribution in [3.63, 3.8) is 0 Å². The highest BCUT2D eigenvalue weighted by Crippen LogP contribution is 2.37. The van der Waals surface area contributed by atoms with Crippen LogP contribution in [0.2, 0.25) is 0 Å². The Bertz CT molecular complexity index is 752. The number of aryl methyl sites for hydroxylation is 2. The van der Waals surface area contributed by atoms with Gasteiger partial charge in [-0.25, -0.2) is 12.8 Å². The van der Waals surface area contributed by atoms with Gasteiger partial charge in [-0.05, 0) is 56.2 Å². The number of carbonyl (C=O) groups excluding carboxylic acids is 1. The summed E-state index contributed by atoms with van der Waals surface area (Å²) in [4.78, 5) is 12.2. The maximum absolute atomic E-state index is 13.3. The molecule has 7 heteroatoms. The highest BCUT2D eigenvalue weighted by molar-refractivity contribution is 7.88. The van der Waals surface area contributed by atoms with Crippen molar-refractivity contribution in [3.05, 3.63) is 35.1 Å². The normalized spacial score (nSPS) is 26.6. The zero-order chi connectivity index (χ0) is 18.2. The SMILES string of the molecule is Cc1cc(CCC(=O)NC2CC3CCC(C2)N3S(C)(=O)=O)ccc1F. The topological polar surface area (TPSA) is 66.5 Å². The predicted octanol–water partition coefficient (Wildman–Crippen LogP) is 2.14. The van der Waals surface area contributed by atoms with Crippen LogP contribution in [0.25, 0.3) is 0 Å². The molecule has 1 aromatic rings. The van der Waals surface area contributed by atoms with Gasteiger partial charge in [0.25, 0.3) is 0 Å². The van der Waals surface area contributed by atoms with Crippen molar-refractivity contribution in [2.24, 2.45) is 0 Å². The first-order valence-electron chi connectivity index (χ1n) is 8.77. The van der Waals surface area contributed by atoms with Crippen LogP contribution in [0.1, 0.15) is 43.2 Å². The lowest BCUT2D eigenvalue weighted by atomic mass is 9.99. The van der Waals surface area contributed by atoms with E-state index in [0.717, 1.165) is 18.4 Å². The Labute approximate surface area is 148 Å². The first kappa shape index (κ1) is 18.3. The Morgan fingerprint density at radius 3 is 2.48 bits per heavy atom. The maximum Gasteiger partial charge on any atom is 0.220 e. The molecule has 2 bridgehead atoms. The lowest BCUT2D eigenvalue weighted by molar-refractivity contribution is -0.122. The van der Waals surface area contributed by atoms with Crippen LogP contribution in [-0.4, -0.2) is 43.0 Å². The standard InChI is InChI=1S/C18H25FN2O3S/c1-12-9-13(3-7-17(12)19)4-8-18(22)20-14-10-15-5-6-16(11-14)21(15)25(2,23)24/h3,7,9,14-16H,4-6,8,10-11H2,1-2H3,(H,20,22). The third-order valence-electron chi connectivity index (χ3n) is 5.28. The minimum Gasteiger partial charge on any atom is -0.353 e. The number of nitrogens with zero attached hydrogens (tertiary/aromatic N) is 1. The number of benzene rings is 1. The second-order valence-electron chi connectivity index (χ2n) is 7.30. The van der Waals surface area contributed by atoms with E-state index in [0.29, 0.717) is 31.2 Å². The number of hydrogen-bond donors (Lipinski definition) is 1. The molecule has 2 heterocycles. The van der Waals surface area contributed by atoms with Crippen LogP contribution in [0.15, 0.2) is 18.2 Å². The van der Waals surface area contributed by atoms with E-state index in [4.69, 9.17) is 0 Å². The summed E-state index contributed by atoms with van der Waals surface area (Å²) < 4.78 is 38.7. The fourth-order valence-corrected chi connectivity index (χ4v) is 5.68. The quantitative estimate of drug-likeness (QED) is 0.866. The van der Waals surface area contributed by atoms with Gasteiger partial charge < -0.3 is 5.32 Å². The van der Waals surface area contributed by atoms with Gasteiger partial charge in [-0.15, -0.1) is 0 Å². The molecule has 3 rings (SSSR count). The molecule has 0 saturated carbocycles. The van der Waals surface area contributed by atoms with Gasteiger partial charge in [0.2, 0.25) is 15.9 Å². The number of hydrogen-bond acceptors (Lipinski definition) is 3. The largest absolute Gasteiger partial charge is 0.353 e. The molecule has 138 valence electrons. The molecule has 0 aromatic heterocycles. The van der Waals surface area contributed by atoms with Crippen LogP contribution in [0.4, 0.5) is 4.39 Å². The summed E-state index contributed by atoms with van der Waals surface area (Å²) in [5.74, 6) is -0.263. The molecule has 2 saturated heterocycles. The Morgan fingerprint density at radius 2 is 1.92 bits per heavy atom. The number of rotatable bonds is 5. The van der Waals surface area contributed by atoms with Gasteiger partial charge in [0.15, 0.2) is 0 Å². The minimum atomic E-state index is -3.18. The summed E-state index contributed by atoms with van der Waals surface area (Å²) in [6, 6.07) is 4.98. The molecule has 1 amide bonds. The van der Waals surface area contributed by atoms with Gasteiger partial charge in [0.05, 0.1) is 6.26 Å². The van der Waals surface area contributed by atoms with Gasteiger partial charge in [0, 0.05) is 24.5 Å². The third-order valence-corrected chi connectivity index (χ3v) is 6.64. The van der Waals surface area contributed by atoms with E-state index in [1.807, 2.05) is 0 Å². The van der Waals surface area contributed by atoms with Crippen LogP contribution in [0.5, 0.6) is 0 Å². The average molecular weight is 368 g/mol. The number of sulfonamides is 1. The Kier molecular flexibility index (Phi) is 5.16. The first-order valence-corrected chi connectivity index (χ1v) is 10.6. The second-order valence-corrected chi connectivity index (χ2v) is 9.18. The van der Waals surface area contributed by atoms with E-state index in [9.17, 15) is 17.6 Å². The van der Waals surface area contributed by atoms with Gasteiger partial charge in [-0.1, -0.05) is 12.1 Å². The van der Waals surface area contributed by atoms with E-state index in [-0.39, 0.29) is 29.8 Å². The number of piperidine rings is 1. The van der Waals surface area contributed by atoms with Crippen molar-refractivity contribution in [2.75, 3.05) is 6.26 Å². The number of carbonyl (C=O) groups is 1. The molecule has 2 atom stereocenters. The number of fused-ring (bicyclic) bond motifs is 2. The smallest absolute Gasteiger partial charge is 0.220 e. The molecule has 0 radical (unpaired) electrons. The molecule has 2 fully saturated rings.